The Morgan fingerprint density at radius 3 is 2.44 bits per heavy atom. The second-order valence-corrected chi connectivity index (χ2v) is 1.84. The molecule has 0 saturated heterocycles. The van der Waals surface area contributed by atoms with Crippen molar-refractivity contribution in [2.45, 2.75) is 13.8 Å². The van der Waals surface area contributed by atoms with Crippen LogP contribution in [-0.2, 0) is 0 Å². The van der Waals surface area contributed by atoms with Gasteiger partial charge in [0.05, 0.1) is 0 Å². The summed E-state index contributed by atoms with van der Waals surface area (Å²) in [6, 6.07) is 0. The van der Waals surface area contributed by atoms with Gasteiger partial charge in [-0.05, 0) is 19.9 Å². The molecule has 0 spiro atoms. The Bertz CT molecular complexity index is 150. The first-order chi connectivity index (χ1) is 4.16. The molecule has 0 aromatic carbocycles. The van der Waals surface area contributed by atoms with Crippen molar-refractivity contribution in [1.82, 2.24) is 0 Å². The van der Waals surface area contributed by atoms with E-state index in [2.05, 4.69) is 11.6 Å². The molecule has 0 amide bonds. The molecule has 0 aliphatic carbocycles. The lowest BCUT2D eigenvalue weighted by atomic mass is 10.3. The molecule has 0 rings (SSSR count). The van der Waals surface area contributed by atoms with E-state index >= 15 is 0 Å². The molecular formula is C7H12N2. The lowest BCUT2D eigenvalue weighted by Gasteiger charge is -1.88. The molecule has 0 fully saturated rings. The first kappa shape index (κ1) is 7.95. The number of nitrogens with two attached hydrogens (primary N) is 1. The van der Waals surface area contributed by atoms with Gasteiger partial charge in [0.15, 0.2) is 0 Å². The van der Waals surface area contributed by atoms with Crippen molar-refractivity contribution >= 4 is 5.71 Å². The second kappa shape index (κ2) is 3.89. The van der Waals surface area contributed by atoms with E-state index in [1.165, 1.54) is 6.20 Å². The summed E-state index contributed by atoms with van der Waals surface area (Å²) in [6.07, 6.45) is 3.29. The molecule has 0 aliphatic heterocycles. The van der Waals surface area contributed by atoms with Crippen LogP contribution in [0.1, 0.15) is 13.8 Å². The highest BCUT2D eigenvalue weighted by Gasteiger charge is 1.80. The van der Waals surface area contributed by atoms with Gasteiger partial charge in [-0.3, -0.25) is 4.99 Å². The standard InChI is InChI=1S/C7H12N2/c1-4-9-7(3)5-6(2)8/h4-5H,1,8H2,2-3H3. The molecule has 0 radical (unpaired) electrons. The van der Waals surface area contributed by atoms with Crippen molar-refractivity contribution in [2.75, 3.05) is 0 Å². The molecule has 0 aromatic heterocycles. The number of nitrogens with zero attached hydrogens (tertiary/aromatic N) is 1. The summed E-state index contributed by atoms with van der Waals surface area (Å²) in [5.41, 5.74) is 7.01. The molecule has 2 heteroatoms. The monoisotopic (exact) mass is 124 g/mol. The molecule has 0 aliphatic rings. The van der Waals surface area contributed by atoms with E-state index in [0.717, 1.165) is 11.4 Å². The highest BCUT2D eigenvalue weighted by Crippen LogP contribution is 1.84. The Morgan fingerprint density at radius 2 is 2.11 bits per heavy atom. The van der Waals surface area contributed by atoms with Crippen LogP contribution in [0.15, 0.2) is 29.5 Å². The summed E-state index contributed by atoms with van der Waals surface area (Å²) in [4.78, 5) is 3.89. The van der Waals surface area contributed by atoms with E-state index < -0.39 is 0 Å². The normalized spacial score (nSPS) is 13.6. The predicted molar refractivity (Wildman–Crippen MR) is 41.3 cm³/mol. The third-order valence-corrected chi connectivity index (χ3v) is 0.731. The lowest BCUT2D eigenvalue weighted by Crippen LogP contribution is -1.94. The maximum atomic E-state index is 5.37. The number of allylic oxidation sites excluding steroid dienone is 2. The van der Waals surface area contributed by atoms with Gasteiger partial charge in [0, 0.05) is 17.6 Å². The molecule has 2 N–H and O–H groups in total. The van der Waals surface area contributed by atoms with Crippen LogP contribution in [0.25, 0.3) is 0 Å². The lowest BCUT2D eigenvalue weighted by molar-refractivity contribution is 1.32. The van der Waals surface area contributed by atoms with Crippen LogP contribution in [0.3, 0.4) is 0 Å². The van der Waals surface area contributed by atoms with Crippen LogP contribution in [-0.4, -0.2) is 5.71 Å². The Labute approximate surface area is 55.8 Å². The van der Waals surface area contributed by atoms with Crippen molar-refractivity contribution in [3.63, 3.8) is 0 Å². The molecule has 0 bridgehead atoms. The van der Waals surface area contributed by atoms with Gasteiger partial charge in [0.2, 0.25) is 0 Å². The van der Waals surface area contributed by atoms with Crippen molar-refractivity contribution in [3.8, 4) is 0 Å². The highest BCUT2D eigenvalue weighted by molar-refractivity contribution is 5.93. The number of aliphatic imine (C=N–C) groups is 1. The van der Waals surface area contributed by atoms with Crippen molar-refractivity contribution in [1.29, 1.82) is 0 Å². The summed E-state index contributed by atoms with van der Waals surface area (Å²) < 4.78 is 0. The summed E-state index contributed by atoms with van der Waals surface area (Å²) >= 11 is 0. The highest BCUT2D eigenvalue weighted by atomic mass is 14.7. The van der Waals surface area contributed by atoms with Crippen LogP contribution in [0.4, 0.5) is 0 Å². The van der Waals surface area contributed by atoms with Gasteiger partial charge < -0.3 is 5.73 Å². The summed E-state index contributed by atoms with van der Waals surface area (Å²) in [7, 11) is 0. The third-order valence-electron chi connectivity index (χ3n) is 0.731. The van der Waals surface area contributed by atoms with Crippen LogP contribution in [0.2, 0.25) is 0 Å². The minimum atomic E-state index is 0.762. The topological polar surface area (TPSA) is 38.4 Å². The molecule has 50 valence electrons. The smallest absolute Gasteiger partial charge is 0.0389 e. The van der Waals surface area contributed by atoms with Crippen LogP contribution in [0.5, 0.6) is 0 Å². The first-order valence-corrected chi connectivity index (χ1v) is 2.76. The maximum Gasteiger partial charge on any atom is 0.0389 e. The molecular weight excluding hydrogens is 112 g/mol. The van der Waals surface area contributed by atoms with E-state index in [-0.39, 0.29) is 0 Å². The van der Waals surface area contributed by atoms with Crippen molar-refractivity contribution in [3.05, 3.63) is 24.6 Å². The molecule has 0 heterocycles. The Kier molecular flexibility index (Phi) is 3.44. The van der Waals surface area contributed by atoms with Gasteiger partial charge in [0.1, 0.15) is 0 Å². The fourth-order valence-corrected chi connectivity index (χ4v) is 0.511. The molecule has 0 aromatic rings. The van der Waals surface area contributed by atoms with Gasteiger partial charge >= 0.3 is 0 Å². The van der Waals surface area contributed by atoms with Crippen molar-refractivity contribution < 1.29 is 0 Å². The Morgan fingerprint density at radius 1 is 1.56 bits per heavy atom. The summed E-state index contributed by atoms with van der Waals surface area (Å²) in [6.45, 7) is 7.14. The fourth-order valence-electron chi connectivity index (χ4n) is 0.511. The van der Waals surface area contributed by atoms with E-state index in [4.69, 9.17) is 5.73 Å². The molecule has 0 saturated carbocycles. The largest absolute Gasteiger partial charge is 0.402 e. The minimum absolute atomic E-state index is 0.762. The molecule has 9 heavy (non-hydrogen) atoms. The molecule has 0 atom stereocenters. The van der Waals surface area contributed by atoms with Crippen LogP contribution >= 0.6 is 0 Å². The summed E-state index contributed by atoms with van der Waals surface area (Å²) in [5.74, 6) is 0. The minimum Gasteiger partial charge on any atom is -0.402 e. The van der Waals surface area contributed by atoms with E-state index in [1.807, 2.05) is 13.8 Å². The van der Waals surface area contributed by atoms with E-state index in [9.17, 15) is 0 Å². The number of hydrogen-bond donors (Lipinski definition) is 1. The third kappa shape index (κ3) is 4.81. The van der Waals surface area contributed by atoms with Crippen LogP contribution in [0, 0.1) is 0 Å². The first-order valence-electron chi connectivity index (χ1n) is 2.76. The second-order valence-electron chi connectivity index (χ2n) is 1.84. The van der Waals surface area contributed by atoms with E-state index in [1.54, 1.807) is 6.08 Å². The van der Waals surface area contributed by atoms with Crippen LogP contribution < -0.4 is 5.73 Å². The molecule has 2 nitrogen and oxygen atoms in total. The van der Waals surface area contributed by atoms with Gasteiger partial charge in [-0.2, -0.15) is 0 Å². The van der Waals surface area contributed by atoms with Gasteiger partial charge in [-0.1, -0.05) is 6.58 Å². The average Bonchev–Trinajstić information content (AvgIpc) is 1.63. The zero-order valence-electron chi connectivity index (χ0n) is 5.89. The number of rotatable bonds is 2. The zero-order chi connectivity index (χ0) is 7.28. The van der Waals surface area contributed by atoms with Gasteiger partial charge in [-0.15, -0.1) is 0 Å². The fraction of sp³-hybridized carbons (Fsp3) is 0.286. The zero-order valence-corrected chi connectivity index (χ0v) is 5.89. The van der Waals surface area contributed by atoms with E-state index in [0.29, 0.717) is 0 Å². The SMILES string of the molecule is C=CN=C(C)C=C(C)N. The number of hydrogen-bond acceptors (Lipinski definition) is 2. The molecule has 0 unspecified atom stereocenters. The Balaban J connectivity index is 4.05. The average molecular weight is 124 g/mol. The van der Waals surface area contributed by atoms with Gasteiger partial charge in [0.25, 0.3) is 0 Å². The quantitative estimate of drug-likeness (QED) is 0.556. The maximum absolute atomic E-state index is 5.37. The van der Waals surface area contributed by atoms with Gasteiger partial charge in [-0.25, -0.2) is 0 Å². The predicted octanol–water partition coefficient (Wildman–Crippen LogP) is 1.45. The van der Waals surface area contributed by atoms with Crippen molar-refractivity contribution in [2.24, 2.45) is 10.7 Å². The summed E-state index contributed by atoms with van der Waals surface area (Å²) in [5, 5.41) is 0. The Hall–Kier alpha value is -1.05.